The highest BCUT2D eigenvalue weighted by Gasteiger charge is 2.20. The van der Waals surface area contributed by atoms with Gasteiger partial charge in [0, 0.05) is 6.20 Å². The van der Waals surface area contributed by atoms with Crippen LogP contribution in [-0.4, -0.2) is 40.3 Å². The summed E-state index contributed by atoms with van der Waals surface area (Å²) in [6.45, 7) is 3.51. The number of aromatic nitrogens is 4. The van der Waals surface area contributed by atoms with Crippen LogP contribution >= 0.6 is 0 Å². The van der Waals surface area contributed by atoms with E-state index in [0.29, 0.717) is 17.0 Å². The maximum atomic E-state index is 12.5. The Morgan fingerprint density at radius 1 is 1.14 bits per heavy atom. The standard InChI is InChI=1S/C18H18N4O6/c1-10-12(11(2)28-22-10)9-26-17(23)16-13(6-5-7-19-16)27-18-20-14(24-3)8-15(21-18)25-4/h5-8H,9H2,1-4H3. The molecule has 0 aliphatic rings. The van der Waals surface area contributed by atoms with E-state index in [4.69, 9.17) is 23.5 Å². The van der Waals surface area contributed by atoms with Crippen molar-refractivity contribution in [2.75, 3.05) is 14.2 Å². The second kappa shape index (κ2) is 8.33. The molecule has 3 aromatic rings. The Morgan fingerprint density at radius 3 is 2.46 bits per heavy atom. The summed E-state index contributed by atoms with van der Waals surface area (Å²) < 4.78 is 26.2. The smallest absolute Gasteiger partial charge is 0.361 e. The highest BCUT2D eigenvalue weighted by molar-refractivity contribution is 5.90. The number of hydrogen-bond acceptors (Lipinski definition) is 10. The van der Waals surface area contributed by atoms with E-state index in [9.17, 15) is 4.79 Å². The van der Waals surface area contributed by atoms with E-state index in [-0.39, 0.29) is 35.8 Å². The minimum absolute atomic E-state index is 0.000499. The molecule has 0 bridgehead atoms. The van der Waals surface area contributed by atoms with E-state index in [1.54, 1.807) is 26.0 Å². The Bertz CT molecular complexity index is 946. The second-order valence-electron chi connectivity index (χ2n) is 5.57. The highest BCUT2D eigenvalue weighted by Crippen LogP contribution is 2.26. The molecule has 0 unspecified atom stereocenters. The summed E-state index contributed by atoms with van der Waals surface area (Å²) in [5.74, 6) is 0.522. The fraction of sp³-hybridized carbons (Fsp3) is 0.278. The summed E-state index contributed by atoms with van der Waals surface area (Å²) in [7, 11) is 2.90. The van der Waals surface area contributed by atoms with E-state index < -0.39 is 5.97 Å². The average Bonchev–Trinajstić information content (AvgIpc) is 3.03. The molecule has 10 heteroatoms. The van der Waals surface area contributed by atoms with Crippen molar-refractivity contribution in [2.24, 2.45) is 0 Å². The maximum absolute atomic E-state index is 12.5. The molecule has 3 aromatic heterocycles. The van der Waals surface area contributed by atoms with Crippen molar-refractivity contribution in [3.8, 4) is 23.5 Å². The molecule has 0 saturated heterocycles. The van der Waals surface area contributed by atoms with E-state index in [1.165, 1.54) is 26.5 Å². The molecule has 0 spiro atoms. The van der Waals surface area contributed by atoms with Gasteiger partial charge in [0.05, 0.1) is 31.5 Å². The Balaban J connectivity index is 1.80. The largest absolute Gasteiger partial charge is 0.481 e. The molecule has 0 fully saturated rings. The number of esters is 1. The van der Waals surface area contributed by atoms with E-state index in [2.05, 4.69) is 20.1 Å². The normalized spacial score (nSPS) is 10.4. The molecular weight excluding hydrogens is 368 g/mol. The molecule has 0 radical (unpaired) electrons. The number of pyridine rings is 1. The number of aryl methyl sites for hydroxylation is 2. The first kappa shape index (κ1) is 19.1. The third-order valence-corrected chi connectivity index (χ3v) is 3.77. The van der Waals surface area contributed by atoms with Crippen molar-refractivity contribution in [3.05, 3.63) is 47.1 Å². The number of carbonyl (C=O) groups excluding carboxylic acids is 1. The van der Waals surface area contributed by atoms with Gasteiger partial charge in [-0.15, -0.1) is 0 Å². The van der Waals surface area contributed by atoms with Gasteiger partial charge in [0.25, 0.3) is 0 Å². The Labute approximate surface area is 160 Å². The van der Waals surface area contributed by atoms with Crippen molar-refractivity contribution < 1.29 is 28.3 Å². The number of hydrogen-bond donors (Lipinski definition) is 0. The van der Waals surface area contributed by atoms with Crippen molar-refractivity contribution in [1.82, 2.24) is 20.1 Å². The minimum Gasteiger partial charge on any atom is -0.481 e. The molecule has 0 atom stereocenters. The lowest BCUT2D eigenvalue weighted by atomic mass is 10.2. The Kier molecular flexibility index (Phi) is 5.68. The van der Waals surface area contributed by atoms with E-state index >= 15 is 0 Å². The van der Waals surface area contributed by atoms with Crippen LogP contribution in [-0.2, 0) is 11.3 Å². The predicted octanol–water partition coefficient (Wildman–Crippen LogP) is 2.64. The predicted molar refractivity (Wildman–Crippen MR) is 94.5 cm³/mol. The molecule has 0 amide bonds. The van der Waals surface area contributed by atoms with Gasteiger partial charge in [0.2, 0.25) is 11.8 Å². The molecule has 0 saturated carbocycles. The summed E-state index contributed by atoms with van der Waals surface area (Å²) in [6.07, 6.45) is 1.45. The quantitative estimate of drug-likeness (QED) is 0.560. The van der Waals surface area contributed by atoms with Crippen LogP contribution in [0.2, 0.25) is 0 Å². The summed E-state index contributed by atoms with van der Waals surface area (Å²) in [5.41, 5.74) is 1.33. The van der Waals surface area contributed by atoms with Gasteiger partial charge >= 0.3 is 12.0 Å². The van der Waals surface area contributed by atoms with Crippen LogP contribution in [0.5, 0.6) is 23.5 Å². The van der Waals surface area contributed by atoms with Gasteiger partial charge in [-0.05, 0) is 26.0 Å². The number of rotatable bonds is 7. The molecule has 0 N–H and O–H groups in total. The third kappa shape index (κ3) is 4.17. The molecule has 0 aliphatic heterocycles. The average molecular weight is 386 g/mol. The lowest BCUT2D eigenvalue weighted by Crippen LogP contribution is -2.10. The van der Waals surface area contributed by atoms with Crippen molar-refractivity contribution in [3.63, 3.8) is 0 Å². The van der Waals surface area contributed by atoms with Gasteiger partial charge in [0.15, 0.2) is 11.4 Å². The summed E-state index contributed by atoms with van der Waals surface area (Å²) >= 11 is 0. The number of methoxy groups -OCH3 is 2. The van der Waals surface area contributed by atoms with Gasteiger partial charge in [-0.3, -0.25) is 0 Å². The van der Waals surface area contributed by atoms with Crippen molar-refractivity contribution in [1.29, 1.82) is 0 Å². The van der Waals surface area contributed by atoms with Gasteiger partial charge in [-0.25, -0.2) is 9.78 Å². The van der Waals surface area contributed by atoms with Crippen LogP contribution in [0.25, 0.3) is 0 Å². The Morgan fingerprint density at radius 2 is 1.86 bits per heavy atom. The fourth-order valence-corrected chi connectivity index (χ4v) is 2.28. The lowest BCUT2D eigenvalue weighted by Gasteiger charge is -2.10. The van der Waals surface area contributed by atoms with E-state index in [0.717, 1.165) is 0 Å². The topological polar surface area (TPSA) is 119 Å². The molecule has 10 nitrogen and oxygen atoms in total. The van der Waals surface area contributed by atoms with Gasteiger partial charge in [0.1, 0.15) is 12.4 Å². The molecular formula is C18H18N4O6. The van der Waals surface area contributed by atoms with E-state index in [1.807, 2.05) is 0 Å². The first-order valence-electron chi connectivity index (χ1n) is 8.20. The first-order valence-corrected chi connectivity index (χ1v) is 8.20. The SMILES string of the molecule is COc1cc(OC)nc(Oc2cccnc2C(=O)OCc2c(C)noc2C)n1. The van der Waals surface area contributed by atoms with Crippen LogP contribution in [0.4, 0.5) is 0 Å². The van der Waals surface area contributed by atoms with Crippen LogP contribution in [0.1, 0.15) is 27.5 Å². The van der Waals surface area contributed by atoms with Crippen molar-refractivity contribution >= 4 is 5.97 Å². The summed E-state index contributed by atoms with van der Waals surface area (Å²) in [4.78, 5) is 24.7. The number of ether oxygens (including phenoxy) is 4. The zero-order chi connectivity index (χ0) is 20.1. The van der Waals surface area contributed by atoms with Crippen LogP contribution in [0.15, 0.2) is 28.9 Å². The molecule has 0 aromatic carbocycles. The van der Waals surface area contributed by atoms with Gasteiger partial charge < -0.3 is 23.5 Å². The van der Waals surface area contributed by atoms with Crippen LogP contribution < -0.4 is 14.2 Å². The highest BCUT2D eigenvalue weighted by atomic mass is 16.5. The van der Waals surface area contributed by atoms with Crippen molar-refractivity contribution in [2.45, 2.75) is 20.5 Å². The third-order valence-electron chi connectivity index (χ3n) is 3.77. The minimum atomic E-state index is -0.675. The van der Waals surface area contributed by atoms with Crippen LogP contribution in [0.3, 0.4) is 0 Å². The maximum Gasteiger partial charge on any atom is 0.361 e. The number of carbonyl (C=O) groups is 1. The molecule has 28 heavy (non-hydrogen) atoms. The molecule has 0 aliphatic carbocycles. The fourth-order valence-electron chi connectivity index (χ4n) is 2.28. The summed E-state index contributed by atoms with van der Waals surface area (Å²) in [5, 5.41) is 3.83. The molecule has 3 heterocycles. The van der Waals surface area contributed by atoms with Gasteiger partial charge in [-0.2, -0.15) is 9.97 Å². The zero-order valence-corrected chi connectivity index (χ0v) is 15.8. The van der Waals surface area contributed by atoms with Crippen LogP contribution in [0, 0.1) is 13.8 Å². The molecule has 3 rings (SSSR count). The first-order chi connectivity index (χ1) is 13.5. The lowest BCUT2D eigenvalue weighted by molar-refractivity contribution is 0.0460. The Hall–Kier alpha value is -3.69. The number of nitrogens with zero attached hydrogens (tertiary/aromatic N) is 4. The van der Waals surface area contributed by atoms with Gasteiger partial charge in [-0.1, -0.05) is 5.16 Å². The summed E-state index contributed by atoms with van der Waals surface area (Å²) in [6, 6.07) is 4.59. The monoisotopic (exact) mass is 386 g/mol. The zero-order valence-electron chi connectivity index (χ0n) is 15.8. The molecule has 146 valence electrons. The second-order valence-corrected chi connectivity index (χ2v) is 5.57.